The number of hydrogen-bond acceptors (Lipinski definition) is 7. The quantitative estimate of drug-likeness (QED) is 0.629. The number of nitrogens with one attached hydrogen (secondary N) is 1. The fourth-order valence-electron chi connectivity index (χ4n) is 1.60. The summed E-state index contributed by atoms with van der Waals surface area (Å²) >= 11 is 0. The number of aromatic carboxylic acids is 1. The Bertz CT molecular complexity index is 715. The summed E-state index contributed by atoms with van der Waals surface area (Å²) < 4.78 is 18.3. The SMILES string of the molecule is Cc1noc(CNc2cc(C(=O)O)c(F)cc2[N+](=O)[O-])n1. The van der Waals surface area contributed by atoms with E-state index in [1.807, 2.05) is 0 Å². The Labute approximate surface area is 116 Å². The number of aryl methyl sites for hydroxylation is 1. The van der Waals surface area contributed by atoms with Crippen LogP contribution in [0.2, 0.25) is 0 Å². The number of nitrogens with zero attached hydrogens (tertiary/aromatic N) is 3. The average Bonchev–Trinajstić information content (AvgIpc) is 2.82. The van der Waals surface area contributed by atoms with Crippen molar-refractivity contribution in [3.05, 3.63) is 45.3 Å². The summed E-state index contributed by atoms with van der Waals surface area (Å²) in [5.41, 5.74) is -1.42. The zero-order valence-corrected chi connectivity index (χ0v) is 10.7. The zero-order valence-electron chi connectivity index (χ0n) is 10.7. The van der Waals surface area contributed by atoms with Gasteiger partial charge >= 0.3 is 5.97 Å². The van der Waals surface area contributed by atoms with Crippen molar-refractivity contribution in [1.29, 1.82) is 0 Å². The maximum absolute atomic E-state index is 13.5. The Kier molecular flexibility index (Phi) is 3.78. The van der Waals surface area contributed by atoms with Gasteiger partial charge in [-0.25, -0.2) is 9.18 Å². The number of hydrogen-bond donors (Lipinski definition) is 2. The molecule has 9 nitrogen and oxygen atoms in total. The molecule has 0 spiro atoms. The number of carbonyl (C=O) groups is 1. The number of aromatic nitrogens is 2. The summed E-state index contributed by atoms with van der Waals surface area (Å²) in [6.07, 6.45) is 0. The highest BCUT2D eigenvalue weighted by Gasteiger charge is 2.21. The van der Waals surface area contributed by atoms with Crippen molar-refractivity contribution in [2.75, 3.05) is 5.32 Å². The van der Waals surface area contributed by atoms with Gasteiger partial charge in [-0.05, 0) is 13.0 Å². The van der Waals surface area contributed by atoms with Crippen LogP contribution in [0.4, 0.5) is 15.8 Å². The van der Waals surface area contributed by atoms with E-state index < -0.39 is 28.0 Å². The van der Waals surface area contributed by atoms with E-state index in [1.54, 1.807) is 6.92 Å². The number of anilines is 1. The molecule has 0 radical (unpaired) electrons. The van der Waals surface area contributed by atoms with Crippen molar-refractivity contribution in [3.8, 4) is 0 Å². The third-order valence-electron chi connectivity index (χ3n) is 2.51. The molecule has 0 unspecified atom stereocenters. The number of benzene rings is 1. The number of carboxylic acids is 1. The molecule has 0 amide bonds. The van der Waals surface area contributed by atoms with Gasteiger partial charge in [0.15, 0.2) is 5.82 Å². The highest BCUT2D eigenvalue weighted by Crippen LogP contribution is 2.28. The van der Waals surface area contributed by atoms with Crippen LogP contribution in [0.3, 0.4) is 0 Å². The van der Waals surface area contributed by atoms with Crippen LogP contribution < -0.4 is 5.32 Å². The lowest BCUT2D eigenvalue weighted by Gasteiger charge is -2.06. The molecule has 0 fully saturated rings. The number of nitro benzene ring substituents is 1. The lowest BCUT2D eigenvalue weighted by Crippen LogP contribution is -2.07. The summed E-state index contributed by atoms with van der Waals surface area (Å²) in [4.78, 5) is 24.8. The summed E-state index contributed by atoms with van der Waals surface area (Å²) in [7, 11) is 0. The molecule has 0 saturated heterocycles. The van der Waals surface area contributed by atoms with E-state index in [-0.39, 0.29) is 18.1 Å². The minimum Gasteiger partial charge on any atom is -0.478 e. The Hall–Kier alpha value is -3.04. The van der Waals surface area contributed by atoms with Gasteiger partial charge in [-0.15, -0.1) is 0 Å². The Morgan fingerprint density at radius 1 is 1.57 bits per heavy atom. The molecular formula is C11H9FN4O5. The molecule has 0 aliphatic rings. The first-order chi connectivity index (χ1) is 9.88. The molecule has 2 rings (SSSR count). The standard InChI is InChI=1S/C11H9FN4O5/c1-5-14-10(21-15-5)4-13-8-2-6(11(17)18)7(12)3-9(8)16(19)20/h2-3,13H,4H2,1H3,(H,17,18). The van der Waals surface area contributed by atoms with Gasteiger partial charge in [-0.2, -0.15) is 4.98 Å². The molecule has 110 valence electrons. The Morgan fingerprint density at radius 3 is 2.81 bits per heavy atom. The van der Waals surface area contributed by atoms with Crippen LogP contribution in [0.25, 0.3) is 0 Å². The summed E-state index contributed by atoms with van der Waals surface area (Å²) in [5, 5.41) is 25.8. The monoisotopic (exact) mass is 296 g/mol. The Morgan fingerprint density at radius 2 is 2.29 bits per heavy atom. The second kappa shape index (κ2) is 5.53. The molecule has 1 heterocycles. The number of carboxylic acid groups (broad SMARTS) is 1. The maximum atomic E-state index is 13.5. The fourth-order valence-corrected chi connectivity index (χ4v) is 1.60. The zero-order chi connectivity index (χ0) is 15.6. The van der Waals surface area contributed by atoms with Crippen LogP contribution in [-0.4, -0.2) is 26.1 Å². The smallest absolute Gasteiger partial charge is 0.338 e. The minimum absolute atomic E-state index is 0.0631. The van der Waals surface area contributed by atoms with Crippen molar-refractivity contribution in [2.24, 2.45) is 0 Å². The van der Waals surface area contributed by atoms with E-state index in [0.717, 1.165) is 6.07 Å². The third kappa shape index (κ3) is 3.11. The van der Waals surface area contributed by atoms with Gasteiger partial charge < -0.3 is 14.9 Å². The highest BCUT2D eigenvalue weighted by atomic mass is 19.1. The van der Waals surface area contributed by atoms with Crippen LogP contribution in [0.15, 0.2) is 16.7 Å². The van der Waals surface area contributed by atoms with Gasteiger partial charge in [0.2, 0.25) is 5.89 Å². The predicted molar refractivity (Wildman–Crippen MR) is 66.4 cm³/mol. The largest absolute Gasteiger partial charge is 0.478 e. The van der Waals surface area contributed by atoms with E-state index in [4.69, 9.17) is 9.63 Å². The first-order valence-electron chi connectivity index (χ1n) is 5.62. The van der Waals surface area contributed by atoms with Gasteiger partial charge in [0.1, 0.15) is 11.5 Å². The number of halogens is 1. The van der Waals surface area contributed by atoms with Crippen LogP contribution >= 0.6 is 0 Å². The van der Waals surface area contributed by atoms with Crippen LogP contribution in [-0.2, 0) is 6.54 Å². The second-order valence-corrected chi connectivity index (χ2v) is 4.00. The topological polar surface area (TPSA) is 131 Å². The van der Waals surface area contributed by atoms with Gasteiger partial charge in [-0.1, -0.05) is 5.16 Å². The van der Waals surface area contributed by atoms with Crippen molar-refractivity contribution >= 4 is 17.3 Å². The van der Waals surface area contributed by atoms with Gasteiger partial charge in [0.05, 0.1) is 23.1 Å². The summed E-state index contributed by atoms with van der Waals surface area (Å²) in [6, 6.07) is 1.39. The lowest BCUT2D eigenvalue weighted by atomic mass is 10.1. The molecule has 2 aromatic rings. The third-order valence-corrected chi connectivity index (χ3v) is 2.51. The van der Waals surface area contributed by atoms with Crippen LogP contribution in [0.5, 0.6) is 0 Å². The maximum Gasteiger partial charge on any atom is 0.338 e. The summed E-state index contributed by atoms with van der Waals surface area (Å²) in [6.45, 7) is 1.53. The van der Waals surface area contributed by atoms with E-state index in [0.29, 0.717) is 11.9 Å². The molecule has 10 heteroatoms. The minimum atomic E-state index is -1.53. The first-order valence-corrected chi connectivity index (χ1v) is 5.62. The second-order valence-electron chi connectivity index (χ2n) is 4.00. The average molecular weight is 296 g/mol. The molecule has 21 heavy (non-hydrogen) atoms. The normalized spacial score (nSPS) is 10.4. The molecule has 1 aromatic heterocycles. The molecule has 0 atom stereocenters. The summed E-state index contributed by atoms with van der Waals surface area (Å²) in [5.74, 6) is -2.18. The molecule has 0 bridgehead atoms. The van der Waals surface area contributed by atoms with Crippen LogP contribution in [0, 0.1) is 22.9 Å². The van der Waals surface area contributed by atoms with Crippen molar-refractivity contribution in [1.82, 2.24) is 10.1 Å². The highest BCUT2D eigenvalue weighted by molar-refractivity contribution is 5.90. The van der Waals surface area contributed by atoms with E-state index in [2.05, 4.69) is 15.5 Å². The molecule has 1 aromatic carbocycles. The van der Waals surface area contributed by atoms with E-state index in [9.17, 15) is 19.3 Å². The molecular weight excluding hydrogens is 287 g/mol. The number of rotatable bonds is 5. The van der Waals surface area contributed by atoms with Gasteiger partial charge in [0, 0.05) is 0 Å². The van der Waals surface area contributed by atoms with Gasteiger partial charge in [-0.3, -0.25) is 10.1 Å². The van der Waals surface area contributed by atoms with Gasteiger partial charge in [0.25, 0.3) is 5.69 Å². The Balaban J connectivity index is 2.33. The van der Waals surface area contributed by atoms with Crippen LogP contribution in [0.1, 0.15) is 22.1 Å². The predicted octanol–water partition coefficient (Wildman–Crippen LogP) is 1.74. The first kappa shape index (κ1) is 14.4. The van der Waals surface area contributed by atoms with Crippen molar-refractivity contribution < 1.29 is 23.7 Å². The number of nitro groups is 1. The van der Waals surface area contributed by atoms with E-state index >= 15 is 0 Å². The van der Waals surface area contributed by atoms with Crippen molar-refractivity contribution in [2.45, 2.75) is 13.5 Å². The van der Waals surface area contributed by atoms with E-state index in [1.165, 1.54) is 0 Å². The fraction of sp³-hybridized carbons (Fsp3) is 0.182. The molecule has 0 aliphatic heterocycles. The molecule has 2 N–H and O–H groups in total. The lowest BCUT2D eigenvalue weighted by molar-refractivity contribution is -0.384. The molecule has 0 saturated carbocycles. The molecule has 0 aliphatic carbocycles. The van der Waals surface area contributed by atoms with Crippen molar-refractivity contribution in [3.63, 3.8) is 0 Å².